The zero-order valence-electron chi connectivity index (χ0n) is 14.3. The first kappa shape index (κ1) is 18.4. The van der Waals surface area contributed by atoms with Crippen LogP contribution in [0.3, 0.4) is 0 Å². The van der Waals surface area contributed by atoms with Crippen LogP contribution in [0.25, 0.3) is 21.8 Å². The predicted molar refractivity (Wildman–Crippen MR) is 96.9 cm³/mol. The average Bonchev–Trinajstić information content (AvgIpc) is 3.33. The van der Waals surface area contributed by atoms with Crippen LogP contribution in [0.4, 0.5) is 16.2 Å². The summed E-state index contributed by atoms with van der Waals surface area (Å²) in [6.07, 6.45) is 2.04. The van der Waals surface area contributed by atoms with Crippen LogP contribution in [0.2, 0.25) is 0 Å². The van der Waals surface area contributed by atoms with Crippen LogP contribution in [0.15, 0.2) is 48.8 Å². The largest absolute Gasteiger partial charge is 0.451 e. The van der Waals surface area contributed by atoms with E-state index in [1.54, 1.807) is 18.2 Å². The fraction of sp³-hybridized carbons (Fsp3) is 0.0625. The second kappa shape index (κ2) is 7.49. The monoisotopic (exact) mass is 384 g/mol. The minimum Gasteiger partial charge on any atom is -0.451 e. The molecule has 142 valence electrons. The van der Waals surface area contributed by atoms with Crippen LogP contribution in [-0.4, -0.2) is 43.0 Å². The van der Waals surface area contributed by atoms with Crippen molar-refractivity contribution in [2.24, 2.45) is 0 Å². The SMILES string of the molecule is COC(=O)n1ncc2c([N+](=O)[O-])cccc21.O=[N+]([O-])c1cccc2[nH]ncc12. The Balaban J connectivity index is 0.000000167. The Morgan fingerprint density at radius 3 is 2.32 bits per heavy atom. The number of hydrogen-bond donors (Lipinski definition) is 1. The lowest BCUT2D eigenvalue weighted by atomic mass is 10.2. The number of aromatic nitrogens is 4. The van der Waals surface area contributed by atoms with Crippen LogP contribution in [0, 0.1) is 20.2 Å². The number of hydrogen-bond acceptors (Lipinski definition) is 8. The molecule has 4 aromatic rings. The summed E-state index contributed by atoms with van der Waals surface area (Å²) in [5.74, 6) is 0. The number of aromatic amines is 1. The van der Waals surface area contributed by atoms with E-state index in [2.05, 4.69) is 20.0 Å². The number of methoxy groups -OCH3 is 1. The normalized spacial score (nSPS) is 10.3. The Hall–Kier alpha value is -4.35. The molecule has 2 aromatic carbocycles. The molecule has 0 saturated carbocycles. The lowest BCUT2D eigenvalue weighted by molar-refractivity contribution is -0.383. The van der Waals surface area contributed by atoms with Crippen molar-refractivity contribution in [2.75, 3.05) is 7.11 Å². The van der Waals surface area contributed by atoms with Gasteiger partial charge in [0.05, 0.1) is 51.2 Å². The van der Waals surface area contributed by atoms with Crippen molar-refractivity contribution < 1.29 is 19.4 Å². The maximum Gasteiger partial charge on any atom is 0.434 e. The van der Waals surface area contributed by atoms with Crippen LogP contribution in [0.1, 0.15) is 0 Å². The number of nitro benzene ring substituents is 2. The number of carbonyl (C=O) groups is 1. The van der Waals surface area contributed by atoms with Gasteiger partial charge in [0.2, 0.25) is 0 Å². The van der Waals surface area contributed by atoms with Crippen molar-refractivity contribution >= 4 is 39.3 Å². The van der Waals surface area contributed by atoms with Gasteiger partial charge in [0.25, 0.3) is 11.4 Å². The van der Waals surface area contributed by atoms with Gasteiger partial charge in [-0.1, -0.05) is 12.1 Å². The van der Waals surface area contributed by atoms with Gasteiger partial charge in [0, 0.05) is 12.1 Å². The molecule has 12 nitrogen and oxygen atoms in total. The number of ether oxygens (including phenoxy) is 1. The third kappa shape index (κ3) is 3.33. The maximum atomic E-state index is 11.3. The molecule has 2 heterocycles. The molecule has 1 N–H and O–H groups in total. The summed E-state index contributed by atoms with van der Waals surface area (Å²) in [5, 5.41) is 32.2. The van der Waals surface area contributed by atoms with Crippen molar-refractivity contribution in [2.45, 2.75) is 0 Å². The number of non-ortho nitro benzene ring substituents is 2. The highest BCUT2D eigenvalue weighted by molar-refractivity contribution is 5.93. The summed E-state index contributed by atoms with van der Waals surface area (Å²) in [4.78, 5) is 31.5. The minimum absolute atomic E-state index is 0.0845. The Bertz CT molecular complexity index is 1200. The smallest absolute Gasteiger partial charge is 0.434 e. The van der Waals surface area contributed by atoms with Gasteiger partial charge in [-0.15, -0.1) is 0 Å². The third-order valence-electron chi connectivity index (χ3n) is 3.79. The molecule has 0 fully saturated rings. The molecular weight excluding hydrogens is 372 g/mol. The van der Waals surface area contributed by atoms with E-state index >= 15 is 0 Å². The molecule has 0 amide bonds. The van der Waals surface area contributed by atoms with Gasteiger partial charge >= 0.3 is 6.09 Å². The van der Waals surface area contributed by atoms with Crippen LogP contribution >= 0.6 is 0 Å². The molecule has 12 heteroatoms. The first-order chi connectivity index (χ1) is 13.4. The zero-order chi connectivity index (χ0) is 20.3. The Kier molecular flexibility index (Phi) is 4.93. The Morgan fingerprint density at radius 1 is 1.04 bits per heavy atom. The first-order valence-electron chi connectivity index (χ1n) is 7.70. The summed E-state index contributed by atoms with van der Waals surface area (Å²) in [6, 6.07) is 9.23. The molecule has 0 aliphatic rings. The van der Waals surface area contributed by atoms with Gasteiger partial charge in [-0.2, -0.15) is 14.9 Å². The highest BCUT2D eigenvalue weighted by Gasteiger charge is 2.17. The van der Waals surface area contributed by atoms with Gasteiger partial charge in [-0.05, 0) is 12.1 Å². The minimum atomic E-state index is -0.685. The second-order valence-electron chi connectivity index (χ2n) is 5.36. The molecule has 0 bridgehead atoms. The maximum absolute atomic E-state index is 11.3. The van der Waals surface area contributed by atoms with E-state index in [4.69, 9.17) is 0 Å². The lowest BCUT2D eigenvalue weighted by Gasteiger charge is -1.99. The molecule has 0 unspecified atom stereocenters. The van der Waals surface area contributed by atoms with E-state index in [0.717, 1.165) is 4.68 Å². The van der Waals surface area contributed by atoms with Gasteiger partial charge in [-0.25, -0.2) is 4.79 Å². The second-order valence-corrected chi connectivity index (χ2v) is 5.36. The number of fused-ring (bicyclic) bond motifs is 2. The Morgan fingerprint density at radius 2 is 1.68 bits per heavy atom. The van der Waals surface area contributed by atoms with Crippen molar-refractivity contribution in [3.8, 4) is 0 Å². The van der Waals surface area contributed by atoms with E-state index in [0.29, 0.717) is 21.8 Å². The lowest BCUT2D eigenvalue weighted by Crippen LogP contribution is -2.12. The van der Waals surface area contributed by atoms with E-state index in [1.807, 2.05) is 0 Å². The fourth-order valence-electron chi connectivity index (χ4n) is 2.54. The molecule has 0 aliphatic carbocycles. The fourth-order valence-corrected chi connectivity index (χ4v) is 2.54. The van der Waals surface area contributed by atoms with Crippen molar-refractivity contribution in [3.05, 3.63) is 69.0 Å². The number of carbonyl (C=O) groups excluding carboxylic acids is 1. The summed E-state index contributed by atoms with van der Waals surface area (Å²) in [7, 11) is 1.22. The standard InChI is InChI=1S/C9H7N3O4.C7H5N3O2/c1-16-9(13)11-7-3-2-4-8(12(14)15)6(7)5-10-11;11-10(12)7-3-1-2-6-5(7)4-8-9-6/h2-5H,1H3;1-4H,(H,8,9). The van der Waals surface area contributed by atoms with Crippen LogP contribution in [-0.2, 0) is 4.74 Å². The number of rotatable bonds is 2. The van der Waals surface area contributed by atoms with Crippen molar-refractivity contribution in [1.29, 1.82) is 0 Å². The summed E-state index contributed by atoms with van der Waals surface area (Å²) >= 11 is 0. The van der Waals surface area contributed by atoms with Crippen molar-refractivity contribution in [1.82, 2.24) is 20.0 Å². The highest BCUT2D eigenvalue weighted by atomic mass is 16.6. The van der Waals surface area contributed by atoms with Gasteiger partial charge < -0.3 is 4.74 Å². The third-order valence-corrected chi connectivity index (χ3v) is 3.79. The molecule has 0 atom stereocenters. The molecule has 0 radical (unpaired) electrons. The average molecular weight is 384 g/mol. The number of nitro groups is 2. The molecule has 0 saturated heterocycles. The molecular formula is C16H12N6O6. The van der Waals surface area contributed by atoms with Gasteiger partial charge in [0.15, 0.2) is 0 Å². The molecule has 0 spiro atoms. The van der Waals surface area contributed by atoms with E-state index < -0.39 is 15.9 Å². The zero-order valence-corrected chi connectivity index (χ0v) is 14.3. The molecule has 2 aromatic heterocycles. The molecule has 0 aliphatic heterocycles. The quantitative estimate of drug-likeness (QED) is 0.408. The van der Waals surface area contributed by atoms with E-state index in [1.165, 1.54) is 37.7 Å². The van der Waals surface area contributed by atoms with Gasteiger partial charge in [-0.3, -0.25) is 25.3 Å². The molecule has 28 heavy (non-hydrogen) atoms. The number of nitrogens with zero attached hydrogens (tertiary/aromatic N) is 5. The number of benzene rings is 2. The summed E-state index contributed by atoms with van der Waals surface area (Å²) < 4.78 is 5.47. The summed E-state index contributed by atoms with van der Waals surface area (Å²) in [5.41, 5.74) is 1.03. The van der Waals surface area contributed by atoms with Crippen LogP contribution in [0.5, 0.6) is 0 Å². The van der Waals surface area contributed by atoms with Crippen molar-refractivity contribution in [3.63, 3.8) is 0 Å². The topological polar surface area (TPSA) is 159 Å². The van der Waals surface area contributed by atoms with E-state index in [-0.39, 0.29) is 11.4 Å². The highest BCUT2D eigenvalue weighted by Crippen LogP contribution is 2.25. The predicted octanol–water partition coefficient (Wildman–Crippen LogP) is 3.03. The Labute approximate surface area is 155 Å². The molecule has 4 rings (SSSR count). The summed E-state index contributed by atoms with van der Waals surface area (Å²) in [6.45, 7) is 0. The van der Waals surface area contributed by atoms with E-state index in [9.17, 15) is 25.0 Å². The number of H-pyrrole nitrogens is 1. The number of nitrogens with one attached hydrogen (secondary N) is 1. The first-order valence-corrected chi connectivity index (χ1v) is 7.70. The van der Waals surface area contributed by atoms with Gasteiger partial charge in [0.1, 0.15) is 0 Å². The van der Waals surface area contributed by atoms with Crippen LogP contribution < -0.4 is 0 Å².